The number of halogens is 6. The van der Waals surface area contributed by atoms with Crippen molar-refractivity contribution in [3.05, 3.63) is 91.8 Å². The van der Waals surface area contributed by atoms with E-state index < -0.39 is 48.9 Å². The lowest BCUT2D eigenvalue weighted by Gasteiger charge is -2.09. The molecule has 0 radical (unpaired) electrons. The van der Waals surface area contributed by atoms with E-state index in [0.717, 1.165) is 25.7 Å². The van der Waals surface area contributed by atoms with Gasteiger partial charge >= 0.3 is 47.7 Å². The van der Waals surface area contributed by atoms with Crippen LogP contribution >= 0.6 is 0 Å². The van der Waals surface area contributed by atoms with Crippen LogP contribution in [0.25, 0.3) is 22.3 Å². The first-order chi connectivity index (χ1) is 30.3. The molecule has 0 spiro atoms. The molecule has 6 aromatic rings. The smallest absolute Gasteiger partial charge is 0.422 e. The van der Waals surface area contributed by atoms with Gasteiger partial charge in [0.05, 0.1) is 39.1 Å². The van der Waals surface area contributed by atoms with Gasteiger partial charge in [-0.25, -0.2) is 9.59 Å². The minimum absolute atomic E-state index is 0.0531. The van der Waals surface area contributed by atoms with Crippen LogP contribution in [0.15, 0.2) is 58.1 Å². The lowest BCUT2D eigenvalue weighted by molar-refractivity contribution is -0.185. The van der Waals surface area contributed by atoms with Crippen molar-refractivity contribution in [3.63, 3.8) is 0 Å². The van der Waals surface area contributed by atoms with Crippen LogP contribution in [0.3, 0.4) is 0 Å². The highest BCUT2D eigenvalue weighted by molar-refractivity contribution is 5.82. The fourth-order valence-corrected chi connectivity index (χ4v) is 5.90. The molecule has 344 valence electrons. The number of unbranched alkanes of at least 4 members (excludes halogenated alkanes) is 2. The van der Waals surface area contributed by atoms with E-state index in [2.05, 4.69) is 39.4 Å². The van der Waals surface area contributed by atoms with Crippen molar-refractivity contribution >= 4 is 45.9 Å². The normalized spacial score (nSPS) is 11.6. The molecule has 24 heteroatoms. The Morgan fingerprint density at radius 3 is 1.36 bits per heavy atom. The number of nitrogen functional groups attached to an aromatic ring is 2. The van der Waals surface area contributed by atoms with Crippen LogP contribution in [0.2, 0.25) is 0 Å². The lowest BCUT2D eigenvalue weighted by atomic mass is 10.1. The lowest BCUT2D eigenvalue weighted by Crippen LogP contribution is -2.21. The number of esters is 2. The minimum Gasteiger partial charge on any atom is -0.463 e. The zero-order valence-corrected chi connectivity index (χ0v) is 34.5. The molecule has 6 rings (SSSR count). The molecule has 6 N–H and O–H groups in total. The molecule has 0 saturated heterocycles. The van der Waals surface area contributed by atoms with Gasteiger partial charge in [-0.1, -0.05) is 75.2 Å². The Morgan fingerprint density at radius 2 is 1.00 bits per heavy atom. The minimum atomic E-state index is -4.59. The molecule has 0 atom stereocenters. The second-order valence-electron chi connectivity index (χ2n) is 14.2. The Bertz CT molecular complexity index is 2490. The van der Waals surface area contributed by atoms with Crippen molar-refractivity contribution in [2.24, 2.45) is 0 Å². The number of carbonyl (C=O) groups is 2. The predicted octanol–water partition coefficient (Wildman–Crippen LogP) is 5.15. The van der Waals surface area contributed by atoms with E-state index >= 15 is 0 Å². The van der Waals surface area contributed by atoms with Crippen LogP contribution in [-0.2, 0) is 45.0 Å². The third kappa shape index (κ3) is 13.9. The summed E-state index contributed by atoms with van der Waals surface area (Å²) in [4.78, 5) is 70.2. The Hall–Kier alpha value is -7.14. The van der Waals surface area contributed by atoms with Crippen molar-refractivity contribution in [1.29, 1.82) is 0 Å². The van der Waals surface area contributed by atoms with Crippen molar-refractivity contribution < 1.29 is 54.9 Å². The molecular weight excluding hydrogens is 862 g/mol. The number of alkyl halides is 6. The van der Waals surface area contributed by atoms with Crippen LogP contribution in [0.4, 0.5) is 38.0 Å². The van der Waals surface area contributed by atoms with Gasteiger partial charge in [-0.3, -0.25) is 18.7 Å². The van der Waals surface area contributed by atoms with Crippen molar-refractivity contribution in [2.75, 3.05) is 37.9 Å². The van der Waals surface area contributed by atoms with Crippen molar-refractivity contribution in [2.45, 2.75) is 77.8 Å². The molecule has 4 aromatic heterocycles. The highest BCUT2D eigenvalue weighted by Crippen LogP contribution is 2.22. The number of carbonyl (C=O) groups excluding carboxylic acids is 2. The third-order valence-electron chi connectivity index (χ3n) is 8.87. The van der Waals surface area contributed by atoms with E-state index in [1.807, 2.05) is 13.8 Å². The number of benzene rings is 2. The van der Waals surface area contributed by atoms with Gasteiger partial charge in [-0.05, 0) is 35.1 Å². The number of rotatable bonds is 18. The molecule has 64 heavy (non-hydrogen) atoms. The highest BCUT2D eigenvalue weighted by Gasteiger charge is 2.30. The summed E-state index contributed by atoms with van der Waals surface area (Å²) < 4.78 is 95.3. The third-order valence-corrected chi connectivity index (χ3v) is 8.87. The first kappa shape index (κ1) is 47.9. The Kier molecular flexibility index (Phi) is 15.9. The summed E-state index contributed by atoms with van der Waals surface area (Å²) in [5.74, 6) is -1.87. The van der Waals surface area contributed by atoms with E-state index in [1.54, 1.807) is 48.5 Å². The number of aromatic nitrogens is 8. The van der Waals surface area contributed by atoms with Crippen LogP contribution in [0, 0.1) is 0 Å². The standard InChI is InChI=1S/2C20H22F3N5O4/c2*1-2-3-7-31-18-26-16(24)15-17(27-18)28(19(30)25-15)10-13-6-4-5-12(8-13)9-14(29)32-11-20(21,22)23/h2*4-6,8H,2-3,7,9-11H2,1H3,(H,25,30)(H2,24,26,27). The van der Waals surface area contributed by atoms with E-state index in [-0.39, 0.29) is 71.9 Å². The molecule has 0 amide bonds. The van der Waals surface area contributed by atoms with E-state index in [4.69, 9.17) is 20.9 Å². The fraction of sp³-hybridized carbons (Fsp3) is 0.400. The van der Waals surface area contributed by atoms with Gasteiger partial charge in [0.15, 0.2) is 36.1 Å². The first-order valence-corrected chi connectivity index (χ1v) is 19.7. The van der Waals surface area contributed by atoms with Gasteiger partial charge in [0.2, 0.25) is 0 Å². The summed E-state index contributed by atoms with van der Waals surface area (Å²) >= 11 is 0. The molecule has 0 bridgehead atoms. The second-order valence-corrected chi connectivity index (χ2v) is 14.2. The summed E-state index contributed by atoms with van der Waals surface area (Å²) in [6.07, 6.45) is -6.39. The van der Waals surface area contributed by atoms with Crippen molar-refractivity contribution in [3.8, 4) is 12.0 Å². The number of hydrogen-bond donors (Lipinski definition) is 4. The van der Waals surface area contributed by atoms with Gasteiger partial charge in [-0.2, -0.15) is 46.3 Å². The van der Waals surface area contributed by atoms with Gasteiger partial charge in [0, 0.05) is 0 Å². The number of ether oxygens (including phenoxy) is 4. The second kappa shape index (κ2) is 21.3. The summed E-state index contributed by atoms with van der Waals surface area (Å²) in [7, 11) is 0. The van der Waals surface area contributed by atoms with Gasteiger partial charge in [-0.15, -0.1) is 0 Å². The number of nitrogens with zero attached hydrogens (tertiary/aromatic N) is 6. The molecule has 0 aliphatic heterocycles. The topological polar surface area (TPSA) is 250 Å². The maximum Gasteiger partial charge on any atom is 0.422 e. The van der Waals surface area contributed by atoms with Gasteiger partial charge in [0.25, 0.3) is 0 Å². The van der Waals surface area contributed by atoms with E-state index in [1.165, 1.54) is 9.13 Å². The van der Waals surface area contributed by atoms with Crippen LogP contribution in [0.5, 0.6) is 12.0 Å². The largest absolute Gasteiger partial charge is 0.463 e. The summed E-state index contributed by atoms with van der Waals surface area (Å²) in [6.45, 7) is 1.71. The Labute approximate surface area is 358 Å². The highest BCUT2D eigenvalue weighted by atomic mass is 19.4. The molecular formula is C40H44F6N10O8. The quantitative estimate of drug-likeness (QED) is 0.0495. The predicted molar refractivity (Wildman–Crippen MR) is 218 cm³/mol. The van der Waals surface area contributed by atoms with E-state index in [0.29, 0.717) is 35.5 Å². The molecule has 2 aromatic carbocycles. The molecule has 0 fully saturated rings. The zero-order chi connectivity index (χ0) is 46.6. The maximum atomic E-state index is 12.5. The summed E-state index contributed by atoms with van der Waals surface area (Å²) in [5.41, 5.74) is 14.1. The number of nitrogens with one attached hydrogen (secondary N) is 2. The monoisotopic (exact) mass is 906 g/mol. The summed E-state index contributed by atoms with van der Waals surface area (Å²) in [5, 5.41) is 0. The van der Waals surface area contributed by atoms with Crippen molar-refractivity contribution in [1.82, 2.24) is 39.0 Å². The molecule has 4 heterocycles. The number of fused-ring (bicyclic) bond motifs is 2. The average Bonchev–Trinajstić information content (AvgIpc) is 3.71. The Balaban J connectivity index is 0.000000241. The summed E-state index contributed by atoms with van der Waals surface area (Å²) in [6, 6.07) is 13.1. The van der Waals surface area contributed by atoms with Crippen LogP contribution in [-0.4, -0.2) is 89.8 Å². The SMILES string of the molecule is CCCCOc1nc(N)c2[nH]c(=O)n(Cc3cccc(CC(=O)OCC(F)(F)F)c3)c2n1.CCCCOc1nc(N)c2[nH]c(=O)n(Cc3cccc(CC(=O)OCC(F)(F)F)c3)c2n1. The number of hydrogen-bond acceptors (Lipinski definition) is 14. The molecule has 0 aliphatic carbocycles. The van der Waals surface area contributed by atoms with Gasteiger partial charge < -0.3 is 40.4 Å². The molecule has 0 unspecified atom stereocenters. The average molecular weight is 907 g/mol. The van der Waals surface area contributed by atoms with Crippen LogP contribution < -0.4 is 32.3 Å². The number of aromatic amines is 2. The molecule has 0 aliphatic rings. The Morgan fingerprint density at radius 1 is 0.625 bits per heavy atom. The van der Waals surface area contributed by atoms with Crippen LogP contribution in [0.1, 0.15) is 61.8 Å². The number of anilines is 2. The fourth-order valence-electron chi connectivity index (χ4n) is 5.90. The van der Waals surface area contributed by atoms with Gasteiger partial charge in [0.1, 0.15) is 11.0 Å². The number of nitrogens with two attached hydrogens (primary N) is 2. The number of imidazole rings is 2. The van der Waals surface area contributed by atoms with E-state index in [9.17, 15) is 45.5 Å². The first-order valence-electron chi connectivity index (χ1n) is 19.7. The number of H-pyrrole nitrogens is 2. The molecule has 18 nitrogen and oxygen atoms in total. The molecule has 0 saturated carbocycles. The zero-order valence-electron chi connectivity index (χ0n) is 34.5. The maximum absolute atomic E-state index is 12.5.